The summed E-state index contributed by atoms with van der Waals surface area (Å²) in [6.07, 6.45) is 0. The summed E-state index contributed by atoms with van der Waals surface area (Å²) in [5.41, 5.74) is 1.65. The standard InChI is InChI=1S/C16H16BrNO3/c1-11-6-7-12(17)8-15(11)21-10-16(19)18-13-4-3-5-14(9-13)20-2/h3-9H,10H2,1-2H3,(H,18,19). The molecule has 0 aliphatic heterocycles. The third-order valence-electron chi connectivity index (χ3n) is 2.86. The molecule has 0 spiro atoms. The van der Waals surface area contributed by atoms with Crippen LogP contribution < -0.4 is 14.8 Å². The second kappa shape index (κ2) is 7.13. The topological polar surface area (TPSA) is 47.6 Å². The molecule has 0 radical (unpaired) electrons. The lowest BCUT2D eigenvalue weighted by Gasteiger charge is -2.10. The van der Waals surface area contributed by atoms with Gasteiger partial charge >= 0.3 is 0 Å². The fourth-order valence-electron chi connectivity index (χ4n) is 1.77. The van der Waals surface area contributed by atoms with E-state index in [0.29, 0.717) is 17.2 Å². The summed E-state index contributed by atoms with van der Waals surface area (Å²) >= 11 is 3.38. The molecule has 0 fully saturated rings. The van der Waals surface area contributed by atoms with Crippen molar-refractivity contribution in [3.05, 3.63) is 52.5 Å². The van der Waals surface area contributed by atoms with Gasteiger partial charge in [-0.15, -0.1) is 0 Å². The number of nitrogens with one attached hydrogen (secondary N) is 1. The lowest BCUT2D eigenvalue weighted by Crippen LogP contribution is -2.20. The van der Waals surface area contributed by atoms with Crippen LogP contribution in [0.15, 0.2) is 46.9 Å². The Bertz CT molecular complexity index is 643. The minimum atomic E-state index is -0.220. The Morgan fingerprint density at radius 3 is 2.81 bits per heavy atom. The van der Waals surface area contributed by atoms with Crippen LogP contribution in [0.25, 0.3) is 0 Å². The van der Waals surface area contributed by atoms with Crippen LogP contribution in [0.1, 0.15) is 5.56 Å². The quantitative estimate of drug-likeness (QED) is 0.893. The van der Waals surface area contributed by atoms with Gasteiger partial charge in [0.1, 0.15) is 11.5 Å². The number of ether oxygens (including phenoxy) is 2. The number of hydrogen-bond donors (Lipinski definition) is 1. The smallest absolute Gasteiger partial charge is 0.262 e. The van der Waals surface area contributed by atoms with Crippen molar-refractivity contribution in [2.75, 3.05) is 19.0 Å². The number of anilines is 1. The molecule has 0 aliphatic rings. The predicted molar refractivity (Wildman–Crippen MR) is 86.0 cm³/mol. The Balaban J connectivity index is 1.94. The number of aryl methyl sites for hydroxylation is 1. The number of carbonyl (C=O) groups excluding carboxylic acids is 1. The van der Waals surface area contributed by atoms with Gasteiger partial charge in [0, 0.05) is 16.2 Å². The number of halogens is 1. The number of rotatable bonds is 5. The van der Waals surface area contributed by atoms with E-state index in [-0.39, 0.29) is 12.5 Å². The fourth-order valence-corrected chi connectivity index (χ4v) is 2.11. The second-order valence-electron chi connectivity index (χ2n) is 4.48. The Morgan fingerprint density at radius 2 is 2.05 bits per heavy atom. The minimum absolute atomic E-state index is 0.0471. The van der Waals surface area contributed by atoms with Crippen LogP contribution in [0.3, 0.4) is 0 Å². The highest BCUT2D eigenvalue weighted by Gasteiger charge is 2.06. The van der Waals surface area contributed by atoms with E-state index in [2.05, 4.69) is 21.2 Å². The van der Waals surface area contributed by atoms with E-state index in [1.807, 2.05) is 37.3 Å². The van der Waals surface area contributed by atoms with Crippen LogP contribution in [0, 0.1) is 6.92 Å². The average molecular weight is 350 g/mol. The van der Waals surface area contributed by atoms with Gasteiger partial charge in [-0.25, -0.2) is 0 Å². The highest BCUT2D eigenvalue weighted by atomic mass is 79.9. The van der Waals surface area contributed by atoms with Crippen molar-refractivity contribution in [2.24, 2.45) is 0 Å². The first-order valence-corrected chi connectivity index (χ1v) is 7.20. The van der Waals surface area contributed by atoms with Crippen molar-refractivity contribution in [1.29, 1.82) is 0 Å². The first-order valence-electron chi connectivity index (χ1n) is 6.41. The van der Waals surface area contributed by atoms with E-state index in [0.717, 1.165) is 10.0 Å². The van der Waals surface area contributed by atoms with Crippen molar-refractivity contribution >= 4 is 27.5 Å². The molecule has 4 nitrogen and oxygen atoms in total. The summed E-state index contributed by atoms with van der Waals surface area (Å²) in [6.45, 7) is 1.89. The summed E-state index contributed by atoms with van der Waals surface area (Å²) in [6, 6.07) is 12.9. The Labute approximate surface area is 132 Å². The zero-order valence-corrected chi connectivity index (χ0v) is 13.4. The lowest BCUT2D eigenvalue weighted by molar-refractivity contribution is -0.118. The summed E-state index contributed by atoms with van der Waals surface area (Å²) < 4.78 is 11.6. The molecule has 0 atom stereocenters. The molecule has 2 aromatic rings. The number of benzene rings is 2. The number of amides is 1. The highest BCUT2D eigenvalue weighted by Crippen LogP contribution is 2.23. The van der Waals surface area contributed by atoms with Gasteiger partial charge in [0.25, 0.3) is 5.91 Å². The van der Waals surface area contributed by atoms with Crippen LogP contribution in [-0.4, -0.2) is 19.6 Å². The van der Waals surface area contributed by atoms with Gasteiger partial charge in [-0.3, -0.25) is 4.79 Å². The molecule has 21 heavy (non-hydrogen) atoms. The minimum Gasteiger partial charge on any atom is -0.497 e. The van der Waals surface area contributed by atoms with Gasteiger partial charge in [-0.2, -0.15) is 0 Å². The molecule has 0 heterocycles. The van der Waals surface area contributed by atoms with Gasteiger partial charge in [0.2, 0.25) is 0 Å². The maximum atomic E-state index is 11.9. The van der Waals surface area contributed by atoms with Crippen molar-refractivity contribution < 1.29 is 14.3 Å². The molecule has 0 aliphatic carbocycles. The third kappa shape index (κ3) is 4.49. The first kappa shape index (κ1) is 15.4. The fraction of sp³-hybridized carbons (Fsp3) is 0.188. The lowest BCUT2D eigenvalue weighted by atomic mass is 10.2. The van der Waals surface area contributed by atoms with Crippen molar-refractivity contribution in [3.8, 4) is 11.5 Å². The SMILES string of the molecule is COc1cccc(NC(=O)COc2cc(Br)ccc2C)c1. The summed E-state index contributed by atoms with van der Waals surface area (Å²) in [4.78, 5) is 11.9. The molecule has 2 rings (SSSR count). The maximum absolute atomic E-state index is 11.9. The van der Waals surface area contributed by atoms with E-state index >= 15 is 0 Å². The van der Waals surface area contributed by atoms with Crippen LogP contribution in [0.4, 0.5) is 5.69 Å². The van der Waals surface area contributed by atoms with Crippen molar-refractivity contribution in [3.63, 3.8) is 0 Å². The zero-order chi connectivity index (χ0) is 15.2. The predicted octanol–water partition coefficient (Wildman–Crippen LogP) is 3.78. The Kier molecular flexibility index (Phi) is 5.22. The van der Waals surface area contributed by atoms with E-state index in [4.69, 9.17) is 9.47 Å². The van der Waals surface area contributed by atoms with E-state index in [1.54, 1.807) is 19.2 Å². The monoisotopic (exact) mass is 349 g/mol. The third-order valence-corrected chi connectivity index (χ3v) is 3.36. The number of hydrogen-bond acceptors (Lipinski definition) is 3. The molecule has 1 N–H and O–H groups in total. The molecule has 1 amide bonds. The van der Waals surface area contributed by atoms with Crippen LogP contribution in [0.2, 0.25) is 0 Å². The second-order valence-corrected chi connectivity index (χ2v) is 5.39. The largest absolute Gasteiger partial charge is 0.497 e. The molecule has 2 aromatic carbocycles. The molecule has 0 saturated carbocycles. The van der Waals surface area contributed by atoms with Crippen molar-refractivity contribution in [1.82, 2.24) is 0 Å². The Morgan fingerprint density at radius 1 is 1.24 bits per heavy atom. The molecule has 5 heteroatoms. The number of carbonyl (C=O) groups is 1. The molecule has 0 saturated heterocycles. The van der Waals surface area contributed by atoms with E-state index in [1.165, 1.54) is 0 Å². The van der Waals surface area contributed by atoms with E-state index < -0.39 is 0 Å². The normalized spacial score (nSPS) is 10.0. The summed E-state index contributed by atoms with van der Waals surface area (Å²) in [5, 5.41) is 2.77. The average Bonchev–Trinajstić information content (AvgIpc) is 2.48. The van der Waals surface area contributed by atoms with Crippen LogP contribution in [-0.2, 0) is 4.79 Å². The van der Waals surface area contributed by atoms with Gasteiger partial charge < -0.3 is 14.8 Å². The van der Waals surface area contributed by atoms with Crippen molar-refractivity contribution in [2.45, 2.75) is 6.92 Å². The molecule has 0 unspecified atom stereocenters. The summed E-state index contributed by atoms with van der Waals surface area (Å²) in [5.74, 6) is 1.16. The zero-order valence-electron chi connectivity index (χ0n) is 11.9. The van der Waals surface area contributed by atoms with Gasteiger partial charge in [0.05, 0.1) is 7.11 Å². The van der Waals surface area contributed by atoms with Crippen LogP contribution in [0.5, 0.6) is 11.5 Å². The Hall–Kier alpha value is -2.01. The molecule has 0 bridgehead atoms. The molecular formula is C16H16BrNO3. The molecule has 0 aromatic heterocycles. The van der Waals surface area contributed by atoms with Crippen LogP contribution >= 0.6 is 15.9 Å². The summed E-state index contributed by atoms with van der Waals surface area (Å²) in [7, 11) is 1.58. The van der Waals surface area contributed by atoms with Gasteiger partial charge in [-0.1, -0.05) is 28.1 Å². The highest BCUT2D eigenvalue weighted by molar-refractivity contribution is 9.10. The molecular weight excluding hydrogens is 334 g/mol. The maximum Gasteiger partial charge on any atom is 0.262 e. The molecule has 110 valence electrons. The van der Waals surface area contributed by atoms with Gasteiger partial charge in [-0.05, 0) is 36.8 Å². The number of methoxy groups -OCH3 is 1. The van der Waals surface area contributed by atoms with E-state index in [9.17, 15) is 4.79 Å². The van der Waals surface area contributed by atoms with Gasteiger partial charge in [0.15, 0.2) is 6.61 Å². The first-order chi connectivity index (χ1) is 10.1.